The summed E-state index contributed by atoms with van der Waals surface area (Å²) in [5, 5.41) is 10.5. The molecule has 1 fully saturated rings. The fourth-order valence-electron chi connectivity index (χ4n) is 2.36. The third-order valence-corrected chi connectivity index (χ3v) is 3.59. The number of nitro groups is 1. The third-order valence-electron chi connectivity index (χ3n) is 3.59. The lowest BCUT2D eigenvalue weighted by Gasteiger charge is -2.36. The molecular weight excluding hydrogens is 250 g/mol. The van der Waals surface area contributed by atoms with Gasteiger partial charge in [0, 0.05) is 19.1 Å². The standard InChI is InChI=1S/C12H17N3O4/c1-2-8-7-14(6-5-9(8)13)12(16)10-3-4-11(19-10)15(17)18/h3-4,8-9H,2,5-7,13H2,1H3. The molecule has 1 aliphatic rings. The lowest BCUT2D eigenvalue weighted by Crippen LogP contribution is -2.48. The molecule has 7 nitrogen and oxygen atoms in total. The van der Waals surface area contributed by atoms with E-state index in [2.05, 4.69) is 0 Å². The minimum absolute atomic E-state index is 0.0111. The molecule has 1 aromatic rings. The Bertz CT molecular complexity index is 485. The fraction of sp³-hybridized carbons (Fsp3) is 0.583. The molecule has 2 atom stereocenters. The van der Waals surface area contributed by atoms with Gasteiger partial charge in [-0.25, -0.2) is 0 Å². The smallest absolute Gasteiger partial charge is 0.395 e. The van der Waals surface area contributed by atoms with Crippen molar-refractivity contribution in [2.45, 2.75) is 25.8 Å². The molecule has 0 bridgehead atoms. The Morgan fingerprint density at radius 3 is 2.95 bits per heavy atom. The SMILES string of the molecule is CCC1CN(C(=O)c2ccc([N+](=O)[O-])o2)CCC1N. The number of likely N-dealkylation sites (tertiary alicyclic amines) is 1. The van der Waals surface area contributed by atoms with Gasteiger partial charge >= 0.3 is 5.88 Å². The van der Waals surface area contributed by atoms with E-state index < -0.39 is 10.8 Å². The maximum atomic E-state index is 12.2. The summed E-state index contributed by atoms with van der Waals surface area (Å²) in [5.74, 6) is -0.442. The summed E-state index contributed by atoms with van der Waals surface area (Å²) < 4.78 is 4.93. The normalized spacial score (nSPS) is 23.4. The minimum Gasteiger partial charge on any atom is -0.395 e. The number of amides is 1. The summed E-state index contributed by atoms with van der Waals surface area (Å²) in [4.78, 5) is 23.7. The predicted octanol–water partition coefficient (Wildman–Crippen LogP) is 1.39. The highest BCUT2D eigenvalue weighted by atomic mass is 16.6. The topological polar surface area (TPSA) is 103 Å². The minimum atomic E-state index is -0.655. The molecule has 2 heterocycles. The molecule has 1 amide bonds. The Labute approximate surface area is 110 Å². The number of carbonyl (C=O) groups excluding carboxylic acids is 1. The van der Waals surface area contributed by atoms with Gasteiger partial charge < -0.3 is 15.1 Å². The van der Waals surface area contributed by atoms with Crippen LogP contribution in [0.25, 0.3) is 0 Å². The van der Waals surface area contributed by atoms with E-state index in [1.54, 1.807) is 4.90 Å². The molecule has 104 valence electrons. The highest BCUT2D eigenvalue weighted by Crippen LogP contribution is 2.22. The van der Waals surface area contributed by atoms with Crippen molar-refractivity contribution in [1.29, 1.82) is 0 Å². The molecule has 2 rings (SSSR count). The van der Waals surface area contributed by atoms with E-state index >= 15 is 0 Å². The predicted molar refractivity (Wildman–Crippen MR) is 67.6 cm³/mol. The second-order valence-electron chi connectivity index (χ2n) is 4.77. The summed E-state index contributed by atoms with van der Waals surface area (Å²) in [5.41, 5.74) is 5.98. The molecule has 1 aromatic heterocycles. The van der Waals surface area contributed by atoms with Crippen LogP contribution in [0.1, 0.15) is 30.3 Å². The van der Waals surface area contributed by atoms with Crippen LogP contribution in [0.2, 0.25) is 0 Å². The van der Waals surface area contributed by atoms with Crippen molar-refractivity contribution in [1.82, 2.24) is 4.90 Å². The largest absolute Gasteiger partial charge is 0.433 e. The van der Waals surface area contributed by atoms with E-state index in [0.29, 0.717) is 13.1 Å². The molecule has 0 saturated carbocycles. The van der Waals surface area contributed by atoms with Crippen LogP contribution in [-0.2, 0) is 0 Å². The number of carbonyl (C=O) groups is 1. The number of furan rings is 1. The zero-order chi connectivity index (χ0) is 14.0. The molecule has 1 saturated heterocycles. The Kier molecular flexibility index (Phi) is 3.84. The van der Waals surface area contributed by atoms with Crippen molar-refractivity contribution in [3.05, 3.63) is 28.0 Å². The van der Waals surface area contributed by atoms with Gasteiger partial charge in [-0.2, -0.15) is 0 Å². The van der Waals surface area contributed by atoms with E-state index in [-0.39, 0.29) is 23.6 Å². The van der Waals surface area contributed by atoms with Gasteiger partial charge in [0.05, 0.1) is 6.07 Å². The summed E-state index contributed by atoms with van der Waals surface area (Å²) >= 11 is 0. The number of rotatable bonds is 3. The van der Waals surface area contributed by atoms with Gasteiger partial charge in [-0.3, -0.25) is 14.9 Å². The first kappa shape index (κ1) is 13.5. The third kappa shape index (κ3) is 2.76. The van der Waals surface area contributed by atoms with Crippen molar-refractivity contribution in [3.63, 3.8) is 0 Å². The van der Waals surface area contributed by atoms with Crippen molar-refractivity contribution in [2.24, 2.45) is 11.7 Å². The maximum absolute atomic E-state index is 12.2. The number of hydrogen-bond acceptors (Lipinski definition) is 5. The average Bonchev–Trinajstić information content (AvgIpc) is 2.88. The zero-order valence-electron chi connectivity index (χ0n) is 10.7. The Balaban J connectivity index is 2.08. The molecule has 7 heteroatoms. The first-order chi connectivity index (χ1) is 9.02. The second kappa shape index (κ2) is 5.40. The van der Waals surface area contributed by atoms with Crippen LogP contribution in [-0.4, -0.2) is 34.9 Å². The molecule has 1 aliphatic heterocycles. The maximum Gasteiger partial charge on any atom is 0.433 e. The van der Waals surface area contributed by atoms with E-state index in [0.717, 1.165) is 12.8 Å². The van der Waals surface area contributed by atoms with Gasteiger partial charge in [-0.1, -0.05) is 13.3 Å². The lowest BCUT2D eigenvalue weighted by molar-refractivity contribution is -0.402. The van der Waals surface area contributed by atoms with Crippen LogP contribution in [0.5, 0.6) is 0 Å². The molecular formula is C12H17N3O4. The second-order valence-corrected chi connectivity index (χ2v) is 4.77. The Morgan fingerprint density at radius 2 is 2.37 bits per heavy atom. The van der Waals surface area contributed by atoms with E-state index in [4.69, 9.17) is 10.2 Å². The van der Waals surface area contributed by atoms with Gasteiger partial charge in [0.2, 0.25) is 0 Å². The van der Waals surface area contributed by atoms with Crippen LogP contribution < -0.4 is 5.73 Å². The summed E-state index contributed by atoms with van der Waals surface area (Å²) in [7, 11) is 0. The molecule has 19 heavy (non-hydrogen) atoms. The number of nitrogens with two attached hydrogens (primary N) is 1. The zero-order valence-corrected chi connectivity index (χ0v) is 10.7. The molecule has 2 unspecified atom stereocenters. The monoisotopic (exact) mass is 267 g/mol. The summed E-state index contributed by atoms with van der Waals surface area (Å²) in [6.07, 6.45) is 1.65. The number of nitrogens with zero attached hydrogens (tertiary/aromatic N) is 2. The van der Waals surface area contributed by atoms with Crippen LogP contribution in [0.4, 0.5) is 5.88 Å². The van der Waals surface area contributed by atoms with Crippen molar-refractivity contribution < 1.29 is 14.1 Å². The molecule has 0 aromatic carbocycles. The van der Waals surface area contributed by atoms with E-state index in [1.807, 2.05) is 6.92 Å². The highest BCUT2D eigenvalue weighted by molar-refractivity contribution is 5.91. The first-order valence-electron chi connectivity index (χ1n) is 6.32. The Morgan fingerprint density at radius 1 is 1.63 bits per heavy atom. The van der Waals surface area contributed by atoms with Gasteiger partial charge in [-0.05, 0) is 18.4 Å². The van der Waals surface area contributed by atoms with Gasteiger partial charge in [-0.15, -0.1) is 0 Å². The van der Waals surface area contributed by atoms with Crippen molar-refractivity contribution in [2.75, 3.05) is 13.1 Å². The summed E-state index contributed by atoms with van der Waals surface area (Å²) in [6, 6.07) is 2.65. The van der Waals surface area contributed by atoms with Crippen LogP contribution in [0.3, 0.4) is 0 Å². The molecule has 0 aliphatic carbocycles. The van der Waals surface area contributed by atoms with Gasteiger partial charge in [0.1, 0.15) is 4.92 Å². The van der Waals surface area contributed by atoms with Gasteiger partial charge in [0.25, 0.3) is 5.91 Å². The Hall–Kier alpha value is -1.89. The number of piperidine rings is 1. The molecule has 0 radical (unpaired) electrons. The van der Waals surface area contributed by atoms with Crippen molar-refractivity contribution >= 4 is 11.8 Å². The average molecular weight is 267 g/mol. The molecule has 2 N–H and O–H groups in total. The number of hydrogen-bond donors (Lipinski definition) is 1. The molecule has 0 spiro atoms. The lowest BCUT2D eigenvalue weighted by atomic mass is 9.90. The summed E-state index contributed by atoms with van der Waals surface area (Å²) in [6.45, 7) is 3.17. The van der Waals surface area contributed by atoms with Crippen LogP contribution >= 0.6 is 0 Å². The van der Waals surface area contributed by atoms with E-state index in [9.17, 15) is 14.9 Å². The van der Waals surface area contributed by atoms with Crippen molar-refractivity contribution in [3.8, 4) is 0 Å². The first-order valence-corrected chi connectivity index (χ1v) is 6.32. The van der Waals surface area contributed by atoms with Crippen LogP contribution in [0.15, 0.2) is 16.5 Å². The van der Waals surface area contributed by atoms with Crippen LogP contribution in [0, 0.1) is 16.0 Å². The fourth-order valence-corrected chi connectivity index (χ4v) is 2.36. The van der Waals surface area contributed by atoms with E-state index in [1.165, 1.54) is 12.1 Å². The quantitative estimate of drug-likeness (QED) is 0.658. The van der Waals surface area contributed by atoms with Gasteiger partial charge in [0.15, 0.2) is 5.76 Å². The highest BCUT2D eigenvalue weighted by Gasteiger charge is 2.30.